The van der Waals surface area contributed by atoms with Crippen LogP contribution < -0.4 is 0 Å². The highest BCUT2D eigenvalue weighted by atomic mass is 32.2. The fraction of sp³-hybridized carbons (Fsp3) is 0.833. The summed E-state index contributed by atoms with van der Waals surface area (Å²) < 4.78 is 28.6. The van der Waals surface area contributed by atoms with Crippen molar-refractivity contribution in [2.24, 2.45) is 11.8 Å². The summed E-state index contributed by atoms with van der Waals surface area (Å²) in [4.78, 5) is 25.6. The van der Waals surface area contributed by atoms with E-state index in [9.17, 15) is 18.0 Å². The first-order valence-electron chi connectivity index (χ1n) is 6.65. The molecule has 4 atom stereocenters. The zero-order chi connectivity index (χ0) is 13.8. The number of nitrogens with zero attached hydrogens (tertiary/aromatic N) is 1. The minimum atomic E-state index is -3.17. The van der Waals surface area contributed by atoms with E-state index in [2.05, 4.69) is 0 Å². The SMILES string of the molecule is CCS(=O)(=O)CCN1C(=O)[C@@H]2[C@@H](C1=O)[C@@H]1CC[C@@H]2O1. The zero-order valence-electron chi connectivity index (χ0n) is 10.7. The molecule has 0 spiro atoms. The van der Waals surface area contributed by atoms with E-state index in [0.717, 1.165) is 17.7 Å². The lowest BCUT2D eigenvalue weighted by Gasteiger charge is -2.17. The Morgan fingerprint density at radius 1 is 1.16 bits per heavy atom. The van der Waals surface area contributed by atoms with Crippen LogP contribution in [0, 0.1) is 11.8 Å². The Balaban J connectivity index is 1.75. The summed E-state index contributed by atoms with van der Waals surface area (Å²) in [7, 11) is -3.17. The predicted octanol–water partition coefficient (Wildman–Crippen LogP) is -0.416. The Kier molecular flexibility index (Phi) is 2.94. The van der Waals surface area contributed by atoms with Gasteiger partial charge in [0.2, 0.25) is 11.8 Å². The summed E-state index contributed by atoms with van der Waals surface area (Å²) in [6.07, 6.45) is 1.37. The Bertz CT molecular complexity index is 500. The van der Waals surface area contributed by atoms with Crippen molar-refractivity contribution >= 4 is 21.7 Å². The van der Waals surface area contributed by atoms with Crippen molar-refractivity contribution in [1.82, 2.24) is 4.90 Å². The molecule has 6 nitrogen and oxygen atoms in total. The second-order valence-corrected chi connectivity index (χ2v) is 7.88. The molecule has 3 rings (SSSR count). The van der Waals surface area contributed by atoms with Gasteiger partial charge in [0.05, 0.1) is 29.8 Å². The van der Waals surface area contributed by atoms with E-state index in [-0.39, 0.29) is 53.9 Å². The molecule has 3 aliphatic rings. The van der Waals surface area contributed by atoms with E-state index >= 15 is 0 Å². The number of hydrogen-bond donors (Lipinski definition) is 0. The van der Waals surface area contributed by atoms with E-state index in [4.69, 9.17) is 4.74 Å². The Morgan fingerprint density at radius 2 is 1.68 bits per heavy atom. The standard InChI is InChI=1S/C12H17NO5S/c1-2-19(16,17)6-5-13-11(14)9-7-3-4-8(18-7)10(9)12(13)15/h7-10H,2-6H2,1H3/t7-,8-,9-,10-/m0/s1. The van der Waals surface area contributed by atoms with Gasteiger partial charge in [0.1, 0.15) is 0 Å². The van der Waals surface area contributed by atoms with E-state index in [1.807, 2.05) is 0 Å². The third-order valence-corrected chi connectivity index (χ3v) is 6.13. The molecule has 2 amide bonds. The maximum absolute atomic E-state index is 12.2. The van der Waals surface area contributed by atoms with Crippen molar-refractivity contribution in [3.05, 3.63) is 0 Å². The van der Waals surface area contributed by atoms with Gasteiger partial charge in [0.15, 0.2) is 9.84 Å². The van der Waals surface area contributed by atoms with Crippen LogP contribution in [0.15, 0.2) is 0 Å². The lowest BCUT2D eigenvalue weighted by Crippen LogP contribution is -2.37. The number of carbonyl (C=O) groups excluding carboxylic acids is 2. The third kappa shape index (κ3) is 1.90. The van der Waals surface area contributed by atoms with Crippen molar-refractivity contribution in [2.75, 3.05) is 18.1 Å². The van der Waals surface area contributed by atoms with Crippen molar-refractivity contribution < 1.29 is 22.7 Å². The van der Waals surface area contributed by atoms with Gasteiger partial charge in [-0.2, -0.15) is 0 Å². The molecular weight excluding hydrogens is 270 g/mol. The quantitative estimate of drug-likeness (QED) is 0.656. The predicted molar refractivity (Wildman–Crippen MR) is 65.9 cm³/mol. The molecule has 0 aromatic heterocycles. The largest absolute Gasteiger partial charge is 0.373 e. The normalized spacial score (nSPS) is 37.2. The number of amides is 2. The number of rotatable bonds is 4. The number of sulfone groups is 1. The lowest BCUT2D eigenvalue weighted by molar-refractivity contribution is -0.142. The van der Waals surface area contributed by atoms with Crippen LogP contribution in [0.25, 0.3) is 0 Å². The summed E-state index contributed by atoms with van der Waals surface area (Å²) in [6.45, 7) is 1.55. The van der Waals surface area contributed by atoms with Gasteiger partial charge < -0.3 is 4.74 Å². The van der Waals surface area contributed by atoms with Crippen LogP contribution in [0.4, 0.5) is 0 Å². The van der Waals surface area contributed by atoms with Crippen molar-refractivity contribution in [1.29, 1.82) is 0 Å². The summed E-state index contributed by atoms with van der Waals surface area (Å²) in [6, 6.07) is 0. The first-order chi connectivity index (χ1) is 8.94. The molecule has 0 aromatic carbocycles. The summed E-state index contributed by atoms with van der Waals surface area (Å²) in [5.41, 5.74) is 0. The minimum Gasteiger partial charge on any atom is -0.373 e. The molecule has 106 valence electrons. The van der Waals surface area contributed by atoms with Gasteiger partial charge in [-0.3, -0.25) is 14.5 Å². The smallest absolute Gasteiger partial charge is 0.235 e. The molecule has 0 aliphatic carbocycles. The van der Waals surface area contributed by atoms with Crippen LogP contribution in [0.3, 0.4) is 0 Å². The molecule has 3 aliphatic heterocycles. The van der Waals surface area contributed by atoms with Crippen molar-refractivity contribution in [3.63, 3.8) is 0 Å². The monoisotopic (exact) mass is 287 g/mol. The van der Waals surface area contributed by atoms with Crippen LogP contribution >= 0.6 is 0 Å². The van der Waals surface area contributed by atoms with E-state index < -0.39 is 9.84 Å². The molecule has 3 saturated heterocycles. The highest BCUT2D eigenvalue weighted by molar-refractivity contribution is 7.91. The van der Waals surface area contributed by atoms with Gasteiger partial charge in [0.25, 0.3) is 0 Å². The molecule has 0 radical (unpaired) electrons. The summed E-state index contributed by atoms with van der Waals surface area (Å²) in [5.74, 6) is -1.32. The van der Waals surface area contributed by atoms with Crippen LogP contribution in [0.2, 0.25) is 0 Å². The number of ether oxygens (including phenoxy) is 1. The lowest BCUT2D eigenvalue weighted by atomic mass is 9.81. The fourth-order valence-electron chi connectivity index (χ4n) is 3.37. The Morgan fingerprint density at radius 3 is 2.16 bits per heavy atom. The molecule has 0 saturated carbocycles. The maximum atomic E-state index is 12.2. The van der Waals surface area contributed by atoms with Gasteiger partial charge in [0, 0.05) is 12.3 Å². The van der Waals surface area contributed by atoms with Crippen LogP contribution in [0.1, 0.15) is 19.8 Å². The third-order valence-electron chi connectivity index (χ3n) is 4.44. The van der Waals surface area contributed by atoms with Crippen LogP contribution in [-0.4, -0.2) is 55.4 Å². The molecule has 0 N–H and O–H groups in total. The first kappa shape index (κ1) is 13.1. The van der Waals surface area contributed by atoms with Gasteiger partial charge in [-0.25, -0.2) is 8.42 Å². The number of hydrogen-bond acceptors (Lipinski definition) is 5. The van der Waals surface area contributed by atoms with Gasteiger partial charge in [-0.15, -0.1) is 0 Å². The number of imide groups is 1. The topological polar surface area (TPSA) is 80.8 Å². The Hall–Kier alpha value is -0.950. The summed E-state index contributed by atoms with van der Waals surface area (Å²) >= 11 is 0. The molecule has 3 fully saturated rings. The molecular formula is C12H17NO5S. The van der Waals surface area contributed by atoms with Gasteiger partial charge >= 0.3 is 0 Å². The molecule has 19 heavy (non-hydrogen) atoms. The Labute approximate surface area is 112 Å². The maximum Gasteiger partial charge on any atom is 0.235 e. The molecule has 0 unspecified atom stereocenters. The van der Waals surface area contributed by atoms with Crippen LogP contribution in [0.5, 0.6) is 0 Å². The average Bonchev–Trinajstić information content (AvgIpc) is 3.03. The number of fused-ring (bicyclic) bond motifs is 5. The second-order valence-electron chi connectivity index (χ2n) is 5.41. The molecule has 3 heterocycles. The van der Waals surface area contributed by atoms with E-state index in [1.54, 1.807) is 6.92 Å². The molecule has 0 aromatic rings. The van der Waals surface area contributed by atoms with E-state index in [0.29, 0.717) is 0 Å². The summed E-state index contributed by atoms with van der Waals surface area (Å²) in [5, 5.41) is 0. The molecule has 7 heteroatoms. The van der Waals surface area contributed by atoms with E-state index in [1.165, 1.54) is 0 Å². The van der Waals surface area contributed by atoms with Crippen molar-refractivity contribution in [2.45, 2.75) is 32.0 Å². The zero-order valence-corrected chi connectivity index (χ0v) is 11.6. The first-order valence-corrected chi connectivity index (χ1v) is 8.48. The van der Waals surface area contributed by atoms with Gasteiger partial charge in [-0.1, -0.05) is 6.92 Å². The van der Waals surface area contributed by atoms with Gasteiger partial charge in [-0.05, 0) is 12.8 Å². The molecule has 2 bridgehead atoms. The van der Waals surface area contributed by atoms with Crippen molar-refractivity contribution in [3.8, 4) is 0 Å². The highest BCUT2D eigenvalue weighted by Gasteiger charge is 2.62. The average molecular weight is 287 g/mol. The number of carbonyl (C=O) groups is 2. The highest BCUT2D eigenvalue weighted by Crippen LogP contribution is 2.48. The van der Waals surface area contributed by atoms with Crippen LogP contribution in [-0.2, 0) is 24.2 Å². The minimum absolute atomic E-state index is 0.0136. The fourth-order valence-corrected chi connectivity index (χ4v) is 4.12. The number of likely N-dealkylation sites (tertiary alicyclic amines) is 1. The second kappa shape index (κ2) is 4.28.